The van der Waals surface area contributed by atoms with Crippen molar-refractivity contribution in [2.45, 2.75) is 0 Å². The van der Waals surface area contributed by atoms with Gasteiger partial charge in [-0.3, -0.25) is 14.6 Å². The zero-order valence-corrected chi connectivity index (χ0v) is 9.56. The van der Waals surface area contributed by atoms with Gasteiger partial charge in [0.2, 0.25) is 5.91 Å². The molecule has 0 aliphatic carbocycles. The van der Waals surface area contributed by atoms with Crippen LogP contribution in [0, 0.1) is 0 Å². The van der Waals surface area contributed by atoms with Crippen LogP contribution in [0.1, 0.15) is 0 Å². The summed E-state index contributed by atoms with van der Waals surface area (Å²) < 4.78 is 0. The van der Waals surface area contributed by atoms with E-state index in [2.05, 4.69) is 15.1 Å². The van der Waals surface area contributed by atoms with Crippen molar-refractivity contribution >= 4 is 5.91 Å². The molecule has 1 saturated heterocycles. The van der Waals surface area contributed by atoms with E-state index in [0.717, 1.165) is 26.2 Å². The third-order valence-corrected chi connectivity index (χ3v) is 2.68. The molecule has 3 N–H and O–H groups in total. The zero-order valence-electron chi connectivity index (χ0n) is 9.56. The Bertz CT molecular complexity index is 205. The maximum atomic E-state index is 11.4. The van der Waals surface area contributed by atoms with Crippen molar-refractivity contribution in [2.75, 3.05) is 59.0 Å². The smallest absolute Gasteiger partial charge is 0.234 e. The summed E-state index contributed by atoms with van der Waals surface area (Å²) in [6, 6.07) is 0. The molecule has 1 heterocycles. The van der Waals surface area contributed by atoms with E-state index in [4.69, 9.17) is 10.2 Å². The molecule has 1 rings (SSSR count). The van der Waals surface area contributed by atoms with Crippen LogP contribution in [0.5, 0.6) is 0 Å². The van der Waals surface area contributed by atoms with Crippen molar-refractivity contribution in [3.05, 3.63) is 0 Å². The Morgan fingerprint density at radius 1 is 1.06 bits per heavy atom. The molecule has 94 valence electrons. The summed E-state index contributed by atoms with van der Waals surface area (Å²) in [7, 11) is 0. The van der Waals surface area contributed by atoms with Gasteiger partial charge in [-0.1, -0.05) is 0 Å². The number of aliphatic hydroxyl groups is 2. The number of nitrogens with one attached hydrogen (secondary N) is 1. The summed E-state index contributed by atoms with van der Waals surface area (Å²) in [6.45, 7) is 5.11. The van der Waals surface area contributed by atoms with E-state index in [0.29, 0.717) is 19.6 Å². The molecule has 0 radical (unpaired) electrons. The predicted molar refractivity (Wildman–Crippen MR) is 60.1 cm³/mol. The molecular formula is C10H21N3O3. The highest BCUT2D eigenvalue weighted by Crippen LogP contribution is 2.00. The number of piperazine rings is 1. The molecule has 1 aliphatic heterocycles. The number of aliphatic hydroxyl groups excluding tert-OH is 2. The second-order valence-corrected chi connectivity index (χ2v) is 3.91. The number of hydrogen-bond acceptors (Lipinski definition) is 5. The van der Waals surface area contributed by atoms with Crippen LogP contribution >= 0.6 is 0 Å². The van der Waals surface area contributed by atoms with Gasteiger partial charge in [0.05, 0.1) is 19.8 Å². The van der Waals surface area contributed by atoms with Gasteiger partial charge in [0.25, 0.3) is 0 Å². The van der Waals surface area contributed by atoms with Crippen LogP contribution in [0.2, 0.25) is 0 Å². The van der Waals surface area contributed by atoms with Gasteiger partial charge in [-0.2, -0.15) is 0 Å². The lowest BCUT2D eigenvalue weighted by molar-refractivity contribution is -0.122. The van der Waals surface area contributed by atoms with Crippen LogP contribution < -0.4 is 5.32 Å². The van der Waals surface area contributed by atoms with Crippen molar-refractivity contribution in [1.82, 2.24) is 15.1 Å². The Morgan fingerprint density at radius 2 is 1.69 bits per heavy atom. The van der Waals surface area contributed by atoms with Crippen molar-refractivity contribution in [3.8, 4) is 0 Å². The fourth-order valence-corrected chi connectivity index (χ4v) is 1.77. The predicted octanol–water partition coefficient (Wildman–Crippen LogP) is -2.30. The molecule has 0 aromatic carbocycles. The topological polar surface area (TPSA) is 76.0 Å². The van der Waals surface area contributed by atoms with Gasteiger partial charge in [-0.15, -0.1) is 0 Å². The standard InChI is InChI=1S/C10H21N3O3/c14-7-1-11-10(16)9-13-4-2-12(3-5-13)6-8-15/h14-15H,1-9H2,(H,11,16). The summed E-state index contributed by atoms with van der Waals surface area (Å²) in [6.07, 6.45) is 0. The van der Waals surface area contributed by atoms with Crippen LogP contribution in [0.25, 0.3) is 0 Å². The van der Waals surface area contributed by atoms with Crippen molar-refractivity contribution < 1.29 is 15.0 Å². The van der Waals surface area contributed by atoms with Gasteiger partial charge in [0, 0.05) is 39.3 Å². The maximum Gasteiger partial charge on any atom is 0.234 e. The van der Waals surface area contributed by atoms with Gasteiger partial charge >= 0.3 is 0 Å². The molecule has 6 heteroatoms. The first kappa shape index (κ1) is 13.4. The minimum Gasteiger partial charge on any atom is -0.395 e. The lowest BCUT2D eigenvalue weighted by atomic mass is 10.3. The van der Waals surface area contributed by atoms with Crippen LogP contribution in [0.15, 0.2) is 0 Å². The average molecular weight is 231 g/mol. The summed E-state index contributed by atoms with van der Waals surface area (Å²) in [5.41, 5.74) is 0. The highest BCUT2D eigenvalue weighted by Gasteiger charge is 2.17. The monoisotopic (exact) mass is 231 g/mol. The van der Waals surface area contributed by atoms with Gasteiger partial charge in [-0.05, 0) is 0 Å². The van der Waals surface area contributed by atoms with Crippen LogP contribution in [-0.4, -0.2) is 84.9 Å². The fraction of sp³-hybridized carbons (Fsp3) is 0.900. The second-order valence-electron chi connectivity index (χ2n) is 3.91. The van der Waals surface area contributed by atoms with Gasteiger partial charge in [0.15, 0.2) is 0 Å². The molecule has 1 aliphatic rings. The Labute approximate surface area is 95.8 Å². The number of hydrogen-bond donors (Lipinski definition) is 3. The molecule has 16 heavy (non-hydrogen) atoms. The van der Waals surface area contributed by atoms with Crippen LogP contribution in [0.3, 0.4) is 0 Å². The number of nitrogens with zero attached hydrogens (tertiary/aromatic N) is 2. The average Bonchev–Trinajstić information content (AvgIpc) is 2.29. The minimum absolute atomic E-state index is 0.0178. The summed E-state index contributed by atoms with van der Waals surface area (Å²) in [5.74, 6) is -0.0374. The molecule has 0 atom stereocenters. The van der Waals surface area contributed by atoms with Crippen molar-refractivity contribution in [1.29, 1.82) is 0 Å². The van der Waals surface area contributed by atoms with Crippen LogP contribution in [-0.2, 0) is 4.79 Å². The Balaban J connectivity index is 2.14. The number of rotatable bonds is 6. The van der Waals surface area contributed by atoms with E-state index in [1.807, 2.05) is 0 Å². The van der Waals surface area contributed by atoms with Gasteiger partial charge in [0.1, 0.15) is 0 Å². The van der Waals surface area contributed by atoms with E-state index in [1.54, 1.807) is 0 Å². The number of carbonyl (C=O) groups is 1. The molecule has 1 fully saturated rings. The quantitative estimate of drug-likeness (QED) is 0.479. The molecule has 0 saturated carbocycles. The first-order valence-electron chi connectivity index (χ1n) is 5.69. The first-order chi connectivity index (χ1) is 7.76. The van der Waals surface area contributed by atoms with E-state index in [-0.39, 0.29) is 19.1 Å². The normalized spacial score (nSPS) is 18.6. The molecule has 0 aromatic rings. The SMILES string of the molecule is O=C(CN1CCN(CCO)CC1)NCCO. The molecule has 0 aromatic heterocycles. The van der Waals surface area contributed by atoms with E-state index >= 15 is 0 Å². The van der Waals surface area contributed by atoms with Crippen molar-refractivity contribution in [2.24, 2.45) is 0 Å². The van der Waals surface area contributed by atoms with Gasteiger partial charge < -0.3 is 15.5 Å². The van der Waals surface area contributed by atoms with E-state index < -0.39 is 0 Å². The first-order valence-corrected chi connectivity index (χ1v) is 5.69. The summed E-state index contributed by atoms with van der Waals surface area (Å²) >= 11 is 0. The van der Waals surface area contributed by atoms with Crippen molar-refractivity contribution in [3.63, 3.8) is 0 Å². The van der Waals surface area contributed by atoms with E-state index in [1.165, 1.54) is 0 Å². The summed E-state index contributed by atoms with van der Waals surface area (Å²) in [5, 5.41) is 20.0. The Hall–Kier alpha value is -0.690. The van der Waals surface area contributed by atoms with Crippen LogP contribution in [0.4, 0.5) is 0 Å². The maximum absolute atomic E-state index is 11.4. The molecule has 0 spiro atoms. The van der Waals surface area contributed by atoms with E-state index in [9.17, 15) is 4.79 Å². The highest BCUT2D eigenvalue weighted by molar-refractivity contribution is 5.77. The zero-order chi connectivity index (χ0) is 11.8. The Morgan fingerprint density at radius 3 is 2.25 bits per heavy atom. The molecule has 6 nitrogen and oxygen atoms in total. The number of β-amino-alcohol motifs (C(OH)–C–C–N with tert-alkyl or cyclic N) is 1. The molecular weight excluding hydrogens is 210 g/mol. The molecule has 0 unspecified atom stereocenters. The summed E-state index contributed by atoms with van der Waals surface area (Å²) in [4.78, 5) is 15.6. The second kappa shape index (κ2) is 7.56. The molecule has 1 amide bonds. The lowest BCUT2D eigenvalue weighted by Gasteiger charge is -2.33. The third-order valence-electron chi connectivity index (χ3n) is 2.68. The molecule has 0 bridgehead atoms. The Kier molecular flexibility index (Phi) is 6.32. The fourth-order valence-electron chi connectivity index (χ4n) is 1.77. The minimum atomic E-state index is -0.0374. The highest BCUT2D eigenvalue weighted by atomic mass is 16.3. The third kappa shape index (κ3) is 4.89. The van der Waals surface area contributed by atoms with Gasteiger partial charge in [-0.25, -0.2) is 0 Å². The largest absolute Gasteiger partial charge is 0.395 e. The number of amides is 1. The number of carbonyl (C=O) groups excluding carboxylic acids is 1. The lowest BCUT2D eigenvalue weighted by Crippen LogP contribution is -2.50.